The summed E-state index contributed by atoms with van der Waals surface area (Å²) in [5.74, 6) is 0. The standard InChI is InChI=1S/C14H20BrNO3/c1-9-5-6-10(11(15)7-9)12(8-17)16-13(18)19-14(2,3)4/h5-7,12,17H,8H2,1-4H3,(H,16,18)/t12-/m1/s1. The summed E-state index contributed by atoms with van der Waals surface area (Å²) >= 11 is 3.44. The van der Waals surface area contributed by atoms with Crippen LogP contribution in [-0.4, -0.2) is 23.4 Å². The van der Waals surface area contributed by atoms with Gasteiger partial charge in [0.25, 0.3) is 0 Å². The van der Waals surface area contributed by atoms with Crippen molar-refractivity contribution in [3.8, 4) is 0 Å². The first-order chi connectivity index (χ1) is 8.73. The van der Waals surface area contributed by atoms with Crippen LogP contribution in [0.15, 0.2) is 22.7 Å². The highest BCUT2D eigenvalue weighted by Crippen LogP contribution is 2.24. The van der Waals surface area contributed by atoms with Gasteiger partial charge in [-0.3, -0.25) is 0 Å². The number of carbonyl (C=O) groups excluding carboxylic acids is 1. The normalized spacial score (nSPS) is 12.9. The summed E-state index contributed by atoms with van der Waals surface area (Å²) in [6.45, 7) is 7.16. The van der Waals surface area contributed by atoms with Gasteiger partial charge in [-0.25, -0.2) is 4.79 Å². The molecule has 0 aliphatic heterocycles. The lowest BCUT2D eigenvalue weighted by Crippen LogP contribution is -2.36. The minimum atomic E-state index is -0.561. The zero-order valence-corrected chi connectivity index (χ0v) is 13.2. The quantitative estimate of drug-likeness (QED) is 0.894. The fourth-order valence-corrected chi connectivity index (χ4v) is 2.36. The molecule has 1 amide bonds. The molecule has 0 fully saturated rings. The van der Waals surface area contributed by atoms with Crippen molar-refractivity contribution in [1.82, 2.24) is 5.32 Å². The largest absolute Gasteiger partial charge is 0.444 e. The molecule has 4 nitrogen and oxygen atoms in total. The van der Waals surface area contributed by atoms with Gasteiger partial charge in [0.1, 0.15) is 5.60 Å². The zero-order valence-electron chi connectivity index (χ0n) is 11.7. The highest BCUT2D eigenvalue weighted by molar-refractivity contribution is 9.10. The van der Waals surface area contributed by atoms with Crippen LogP contribution < -0.4 is 5.32 Å². The maximum Gasteiger partial charge on any atom is 0.408 e. The van der Waals surface area contributed by atoms with Crippen LogP contribution in [-0.2, 0) is 4.74 Å². The van der Waals surface area contributed by atoms with Gasteiger partial charge in [0.15, 0.2) is 0 Å². The topological polar surface area (TPSA) is 58.6 Å². The van der Waals surface area contributed by atoms with E-state index in [1.54, 1.807) is 20.8 Å². The molecule has 2 N–H and O–H groups in total. The molecule has 0 radical (unpaired) electrons. The van der Waals surface area contributed by atoms with Crippen LogP contribution in [0, 0.1) is 6.92 Å². The molecule has 0 bridgehead atoms. The second kappa shape index (κ2) is 6.39. The van der Waals surface area contributed by atoms with Gasteiger partial charge in [0.2, 0.25) is 0 Å². The van der Waals surface area contributed by atoms with E-state index in [9.17, 15) is 9.90 Å². The summed E-state index contributed by atoms with van der Waals surface area (Å²) in [6, 6.07) is 5.25. The second-order valence-electron chi connectivity index (χ2n) is 5.41. The highest BCUT2D eigenvalue weighted by atomic mass is 79.9. The summed E-state index contributed by atoms with van der Waals surface area (Å²) < 4.78 is 6.03. The number of aliphatic hydroxyl groups excluding tert-OH is 1. The Bertz CT molecular complexity index is 454. The van der Waals surface area contributed by atoms with E-state index in [4.69, 9.17) is 4.74 Å². The van der Waals surface area contributed by atoms with E-state index >= 15 is 0 Å². The number of nitrogens with one attached hydrogen (secondary N) is 1. The molecule has 19 heavy (non-hydrogen) atoms. The molecular formula is C14H20BrNO3. The molecule has 106 valence electrons. The van der Waals surface area contributed by atoms with E-state index in [2.05, 4.69) is 21.2 Å². The molecule has 0 aromatic heterocycles. The lowest BCUT2D eigenvalue weighted by atomic mass is 10.1. The first-order valence-corrected chi connectivity index (χ1v) is 6.88. The van der Waals surface area contributed by atoms with Crippen LogP contribution in [0.4, 0.5) is 4.79 Å². The molecule has 5 heteroatoms. The number of aryl methyl sites for hydroxylation is 1. The predicted molar refractivity (Wildman–Crippen MR) is 78.1 cm³/mol. The number of hydrogen-bond donors (Lipinski definition) is 2. The number of alkyl carbamates (subject to hydrolysis) is 1. The number of hydrogen-bond acceptors (Lipinski definition) is 3. The minimum Gasteiger partial charge on any atom is -0.444 e. The third kappa shape index (κ3) is 5.20. The number of rotatable bonds is 3. The maximum absolute atomic E-state index is 11.7. The van der Waals surface area contributed by atoms with E-state index < -0.39 is 17.7 Å². The van der Waals surface area contributed by atoms with Crippen LogP contribution in [0.2, 0.25) is 0 Å². The van der Waals surface area contributed by atoms with Gasteiger partial charge in [0.05, 0.1) is 12.6 Å². The molecule has 0 aliphatic carbocycles. The number of amides is 1. The number of benzene rings is 1. The van der Waals surface area contributed by atoms with Crippen LogP contribution in [0.25, 0.3) is 0 Å². The smallest absolute Gasteiger partial charge is 0.408 e. The van der Waals surface area contributed by atoms with E-state index in [1.807, 2.05) is 25.1 Å². The predicted octanol–water partition coefficient (Wildman–Crippen LogP) is 3.32. The molecule has 1 aromatic rings. The monoisotopic (exact) mass is 329 g/mol. The van der Waals surface area contributed by atoms with Gasteiger partial charge in [-0.05, 0) is 44.9 Å². The first-order valence-electron chi connectivity index (χ1n) is 6.09. The van der Waals surface area contributed by atoms with Gasteiger partial charge in [-0.2, -0.15) is 0 Å². The van der Waals surface area contributed by atoms with Crippen molar-refractivity contribution in [3.05, 3.63) is 33.8 Å². The lowest BCUT2D eigenvalue weighted by molar-refractivity contribution is 0.0481. The third-order valence-corrected chi connectivity index (χ3v) is 3.09. The van der Waals surface area contributed by atoms with Gasteiger partial charge in [-0.1, -0.05) is 28.1 Å². The molecule has 0 aliphatic rings. The van der Waals surface area contributed by atoms with Crippen molar-refractivity contribution in [2.75, 3.05) is 6.61 Å². The highest BCUT2D eigenvalue weighted by Gasteiger charge is 2.21. The molecule has 1 atom stereocenters. The molecule has 0 spiro atoms. The molecule has 0 unspecified atom stereocenters. The maximum atomic E-state index is 11.7. The van der Waals surface area contributed by atoms with Crippen LogP contribution in [0.3, 0.4) is 0 Å². The first kappa shape index (κ1) is 16.0. The van der Waals surface area contributed by atoms with Crippen LogP contribution in [0.5, 0.6) is 0 Å². The number of carbonyl (C=O) groups is 1. The zero-order chi connectivity index (χ0) is 14.6. The van der Waals surface area contributed by atoms with Crippen molar-refractivity contribution in [2.24, 2.45) is 0 Å². The SMILES string of the molecule is Cc1ccc([C@@H](CO)NC(=O)OC(C)(C)C)c(Br)c1. The second-order valence-corrected chi connectivity index (χ2v) is 6.26. The summed E-state index contributed by atoms with van der Waals surface area (Å²) in [6.07, 6.45) is -0.543. The fraction of sp³-hybridized carbons (Fsp3) is 0.500. The number of ether oxygens (including phenoxy) is 1. The van der Waals surface area contributed by atoms with E-state index in [-0.39, 0.29) is 6.61 Å². The Kier molecular flexibility index (Phi) is 5.38. The summed E-state index contributed by atoms with van der Waals surface area (Å²) in [4.78, 5) is 11.7. The van der Waals surface area contributed by atoms with Crippen LogP contribution >= 0.6 is 15.9 Å². The molecule has 1 rings (SSSR count). The third-order valence-electron chi connectivity index (χ3n) is 2.40. The fourth-order valence-electron chi connectivity index (χ4n) is 1.59. The van der Waals surface area contributed by atoms with Crippen LogP contribution in [0.1, 0.15) is 37.9 Å². The van der Waals surface area contributed by atoms with Gasteiger partial charge < -0.3 is 15.2 Å². The molecular weight excluding hydrogens is 310 g/mol. The molecule has 1 aromatic carbocycles. The summed E-state index contributed by atoms with van der Waals surface area (Å²) in [7, 11) is 0. The van der Waals surface area contributed by atoms with Gasteiger partial charge >= 0.3 is 6.09 Å². The Hall–Kier alpha value is -1.07. The Morgan fingerprint density at radius 2 is 2.11 bits per heavy atom. The number of aliphatic hydroxyl groups is 1. The van der Waals surface area contributed by atoms with Crippen molar-refractivity contribution in [2.45, 2.75) is 39.3 Å². The van der Waals surface area contributed by atoms with E-state index in [0.29, 0.717) is 0 Å². The van der Waals surface area contributed by atoms with Gasteiger partial charge in [0, 0.05) is 4.47 Å². The number of halogens is 1. The van der Waals surface area contributed by atoms with E-state index in [0.717, 1.165) is 15.6 Å². The average Bonchev–Trinajstić information content (AvgIpc) is 2.24. The average molecular weight is 330 g/mol. The Morgan fingerprint density at radius 3 is 2.58 bits per heavy atom. The van der Waals surface area contributed by atoms with E-state index in [1.165, 1.54) is 0 Å². The Balaban J connectivity index is 2.81. The van der Waals surface area contributed by atoms with Gasteiger partial charge in [-0.15, -0.1) is 0 Å². The van der Waals surface area contributed by atoms with Crippen molar-refractivity contribution in [3.63, 3.8) is 0 Å². The Labute approximate surface area is 122 Å². The van der Waals surface area contributed by atoms with Crippen molar-refractivity contribution in [1.29, 1.82) is 0 Å². The lowest BCUT2D eigenvalue weighted by Gasteiger charge is -2.23. The molecule has 0 heterocycles. The summed E-state index contributed by atoms with van der Waals surface area (Å²) in [5, 5.41) is 12.1. The summed E-state index contributed by atoms with van der Waals surface area (Å²) in [5.41, 5.74) is 1.36. The molecule has 0 saturated heterocycles. The van der Waals surface area contributed by atoms with Crippen molar-refractivity contribution >= 4 is 22.0 Å². The molecule has 0 saturated carbocycles. The minimum absolute atomic E-state index is 0.194. The van der Waals surface area contributed by atoms with Crippen molar-refractivity contribution < 1.29 is 14.6 Å². The Morgan fingerprint density at radius 1 is 1.47 bits per heavy atom.